The van der Waals surface area contributed by atoms with E-state index < -0.39 is 0 Å². The van der Waals surface area contributed by atoms with Gasteiger partial charge in [-0.05, 0) is 12.1 Å². The van der Waals surface area contributed by atoms with Gasteiger partial charge in [0.15, 0.2) is 11.0 Å². The molecule has 8 nitrogen and oxygen atoms in total. The van der Waals surface area contributed by atoms with Gasteiger partial charge in [-0.15, -0.1) is 21.5 Å². The van der Waals surface area contributed by atoms with Gasteiger partial charge < -0.3 is 9.88 Å². The van der Waals surface area contributed by atoms with Crippen LogP contribution in [0.2, 0.25) is 0 Å². The van der Waals surface area contributed by atoms with Gasteiger partial charge in [-0.25, -0.2) is 9.78 Å². The summed E-state index contributed by atoms with van der Waals surface area (Å²) in [6.45, 7) is 4.40. The van der Waals surface area contributed by atoms with Gasteiger partial charge in [-0.1, -0.05) is 13.8 Å². The lowest BCUT2D eigenvalue weighted by molar-refractivity contribution is 0.251. The lowest BCUT2D eigenvalue weighted by atomic mass is 10.2. The maximum atomic E-state index is 12.1. The van der Waals surface area contributed by atoms with Crippen LogP contribution in [0, 0.1) is 0 Å². The maximum absolute atomic E-state index is 12.1. The third-order valence-corrected chi connectivity index (χ3v) is 4.36. The average molecular weight is 357 g/mol. The fourth-order valence-electron chi connectivity index (χ4n) is 2.31. The first kappa shape index (κ1) is 17.0. The summed E-state index contributed by atoms with van der Waals surface area (Å²) in [5, 5.41) is 16.2. The summed E-state index contributed by atoms with van der Waals surface area (Å²) >= 11 is 1.36. The Hall–Kier alpha value is -2.81. The zero-order valence-corrected chi connectivity index (χ0v) is 15.0. The van der Waals surface area contributed by atoms with E-state index in [-0.39, 0.29) is 11.9 Å². The molecule has 2 N–H and O–H groups in total. The first-order valence-corrected chi connectivity index (χ1v) is 8.71. The van der Waals surface area contributed by atoms with Crippen LogP contribution >= 0.6 is 11.3 Å². The van der Waals surface area contributed by atoms with Crippen molar-refractivity contribution in [3.05, 3.63) is 41.6 Å². The standard InChI is InChI=1S/C16H19N7OS/c1-10(2)14-22-21-13(23(14)3)8-18-15(24)20-16-19-12(9-25-16)11-5-4-6-17-7-11/h4-7,9-10H,8H2,1-3H3,(H2,18,19,20,24). The molecule has 0 radical (unpaired) electrons. The molecule has 0 aliphatic rings. The molecule has 3 heterocycles. The second-order valence-corrected chi connectivity index (χ2v) is 6.63. The van der Waals surface area contributed by atoms with Gasteiger partial charge in [0.05, 0.1) is 12.2 Å². The van der Waals surface area contributed by atoms with E-state index in [4.69, 9.17) is 0 Å². The average Bonchev–Trinajstić information content (AvgIpc) is 3.20. The SMILES string of the molecule is CC(C)c1nnc(CNC(=O)Nc2nc(-c3cccnc3)cs2)n1C. The summed E-state index contributed by atoms with van der Waals surface area (Å²) in [6.07, 6.45) is 3.44. The summed E-state index contributed by atoms with van der Waals surface area (Å²) in [6, 6.07) is 3.44. The molecule has 9 heteroatoms. The number of hydrogen-bond acceptors (Lipinski definition) is 6. The Labute approximate surface area is 149 Å². The number of carbonyl (C=O) groups excluding carboxylic acids is 1. The fourth-order valence-corrected chi connectivity index (χ4v) is 3.03. The van der Waals surface area contributed by atoms with Crippen LogP contribution in [0.3, 0.4) is 0 Å². The zero-order valence-electron chi connectivity index (χ0n) is 14.2. The molecule has 0 unspecified atom stereocenters. The van der Waals surface area contributed by atoms with E-state index in [0.717, 1.165) is 17.1 Å². The molecular formula is C16H19N7OS. The van der Waals surface area contributed by atoms with Crippen molar-refractivity contribution < 1.29 is 4.79 Å². The normalized spacial score (nSPS) is 10.9. The Kier molecular flexibility index (Phi) is 5.03. The molecule has 3 aromatic rings. The van der Waals surface area contributed by atoms with E-state index in [1.807, 2.05) is 29.1 Å². The van der Waals surface area contributed by atoms with Gasteiger partial charge >= 0.3 is 6.03 Å². The molecule has 25 heavy (non-hydrogen) atoms. The van der Waals surface area contributed by atoms with E-state index >= 15 is 0 Å². The van der Waals surface area contributed by atoms with Crippen LogP contribution < -0.4 is 10.6 Å². The number of aromatic nitrogens is 5. The van der Waals surface area contributed by atoms with Crippen molar-refractivity contribution >= 4 is 22.5 Å². The number of nitrogens with one attached hydrogen (secondary N) is 2. The number of hydrogen-bond donors (Lipinski definition) is 2. The number of amides is 2. The van der Waals surface area contributed by atoms with Gasteiger partial charge in [0, 0.05) is 36.3 Å². The number of pyridine rings is 1. The smallest absolute Gasteiger partial charge is 0.321 e. The summed E-state index contributed by atoms with van der Waals surface area (Å²) in [5.41, 5.74) is 1.69. The van der Waals surface area contributed by atoms with Crippen molar-refractivity contribution in [3.63, 3.8) is 0 Å². The lowest BCUT2D eigenvalue weighted by Crippen LogP contribution is -2.29. The highest BCUT2D eigenvalue weighted by molar-refractivity contribution is 7.14. The Bertz CT molecular complexity index is 857. The van der Waals surface area contributed by atoms with Gasteiger partial charge in [0.25, 0.3) is 0 Å². The second-order valence-electron chi connectivity index (χ2n) is 5.78. The van der Waals surface area contributed by atoms with Crippen LogP contribution in [0.25, 0.3) is 11.3 Å². The third-order valence-electron chi connectivity index (χ3n) is 3.60. The Morgan fingerprint density at radius 2 is 2.20 bits per heavy atom. The highest BCUT2D eigenvalue weighted by Gasteiger charge is 2.13. The predicted molar refractivity (Wildman–Crippen MR) is 96.3 cm³/mol. The molecule has 130 valence electrons. The van der Waals surface area contributed by atoms with Crippen molar-refractivity contribution in [2.45, 2.75) is 26.3 Å². The zero-order chi connectivity index (χ0) is 17.8. The quantitative estimate of drug-likeness (QED) is 0.732. The van der Waals surface area contributed by atoms with Crippen molar-refractivity contribution in [1.82, 2.24) is 30.0 Å². The van der Waals surface area contributed by atoms with Crippen LogP contribution in [0.4, 0.5) is 9.93 Å². The summed E-state index contributed by atoms with van der Waals surface area (Å²) in [7, 11) is 1.89. The molecule has 3 rings (SSSR count). The van der Waals surface area contributed by atoms with Crippen LogP contribution in [0.15, 0.2) is 29.9 Å². The van der Waals surface area contributed by atoms with E-state index in [1.54, 1.807) is 12.4 Å². The number of anilines is 1. The molecule has 0 bridgehead atoms. The molecule has 0 saturated carbocycles. The minimum Gasteiger partial charge on any atom is -0.331 e. The number of urea groups is 1. The number of thiazole rings is 1. The highest BCUT2D eigenvalue weighted by atomic mass is 32.1. The second kappa shape index (κ2) is 7.39. The summed E-state index contributed by atoms with van der Waals surface area (Å²) < 4.78 is 1.90. The minimum absolute atomic E-state index is 0.279. The largest absolute Gasteiger partial charge is 0.331 e. The molecule has 0 aliphatic carbocycles. The van der Waals surface area contributed by atoms with Crippen molar-refractivity contribution in [2.24, 2.45) is 7.05 Å². The first-order valence-electron chi connectivity index (χ1n) is 7.83. The van der Waals surface area contributed by atoms with Gasteiger partial charge in [0.2, 0.25) is 0 Å². The van der Waals surface area contributed by atoms with Crippen LogP contribution in [-0.4, -0.2) is 30.8 Å². The van der Waals surface area contributed by atoms with Crippen molar-refractivity contribution in [2.75, 3.05) is 5.32 Å². The monoisotopic (exact) mass is 357 g/mol. The van der Waals surface area contributed by atoms with Crippen molar-refractivity contribution in [1.29, 1.82) is 0 Å². The third kappa shape index (κ3) is 4.00. The van der Waals surface area contributed by atoms with Gasteiger partial charge in [-0.3, -0.25) is 10.3 Å². The molecule has 0 aromatic carbocycles. The predicted octanol–water partition coefficient (Wildman–Crippen LogP) is 2.78. The van der Waals surface area contributed by atoms with Crippen LogP contribution in [-0.2, 0) is 13.6 Å². The molecule has 0 atom stereocenters. The molecule has 0 spiro atoms. The molecule has 3 aromatic heterocycles. The fraction of sp³-hybridized carbons (Fsp3) is 0.312. The summed E-state index contributed by atoms with van der Waals surface area (Å²) in [5.74, 6) is 1.87. The van der Waals surface area contributed by atoms with Gasteiger partial charge in [-0.2, -0.15) is 0 Å². The molecule has 0 aliphatic heterocycles. The van der Waals surface area contributed by atoms with E-state index in [9.17, 15) is 4.79 Å². The van der Waals surface area contributed by atoms with E-state index in [0.29, 0.717) is 17.5 Å². The van der Waals surface area contributed by atoms with Gasteiger partial charge in [0.1, 0.15) is 5.82 Å². The lowest BCUT2D eigenvalue weighted by Gasteiger charge is -2.07. The molecule has 2 amide bonds. The van der Waals surface area contributed by atoms with Crippen molar-refractivity contribution in [3.8, 4) is 11.3 Å². The van der Waals surface area contributed by atoms with Crippen LogP contribution in [0.5, 0.6) is 0 Å². The number of rotatable bonds is 5. The highest BCUT2D eigenvalue weighted by Crippen LogP contribution is 2.23. The Morgan fingerprint density at radius 1 is 1.36 bits per heavy atom. The Balaban J connectivity index is 1.57. The van der Waals surface area contributed by atoms with Crippen LogP contribution in [0.1, 0.15) is 31.4 Å². The maximum Gasteiger partial charge on any atom is 0.321 e. The minimum atomic E-state index is -0.332. The van der Waals surface area contributed by atoms with E-state index in [1.165, 1.54) is 11.3 Å². The van der Waals surface area contributed by atoms with E-state index in [2.05, 4.69) is 44.6 Å². The first-order chi connectivity index (χ1) is 12.0. The Morgan fingerprint density at radius 3 is 2.88 bits per heavy atom. The molecule has 0 saturated heterocycles. The molecular weight excluding hydrogens is 338 g/mol. The number of nitrogens with zero attached hydrogens (tertiary/aromatic N) is 5. The summed E-state index contributed by atoms with van der Waals surface area (Å²) in [4.78, 5) is 20.5. The number of carbonyl (C=O) groups is 1. The molecule has 0 fully saturated rings. The topological polar surface area (TPSA) is 97.6 Å².